The Balaban J connectivity index is 1.67. The van der Waals surface area contributed by atoms with Gasteiger partial charge in [-0.3, -0.25) is 4.90 Å². The number of likely N-dealkylation sites (tertiary alicyclic amines) is 1. The predicted octanol–water partition coefficient (Wildman–Crippen LogP) is 0.925. The zero-order valence-corrected chi connectivity index (χ0v) is 21.5. The van der Waals surface area contributed by atoms with Crippen LogP contribution in [0.1, 0.15) is 32.6 Å². The molecule has 8 nitrogen and oxygen atoms in total. The van der Waals surface area contributed by atoms with Gasteiger partial charge in [0, 0.05) is 77.1 Å². The van der Waals surface area contributed by atoms with Crippen LogP contribution in [0.3, 0.4) is 0 Å². The first-order valence-corrected chi connectivity index (χ1v) is 13.1. The van der Waals surface area contributed by atoms with Crippen LogP contribution in [0.2, 0.25) is 0 Å². The third-order valence-corrected chi connectivity index (χ3v) is 11.7. The summed E-state index contributed by atoms with van der Waals surface area (Å²) in [7, 11) is 8.77. The lowest BCUT2D eigenvalue weighted by Crippen LogP contribution is -2.82. The number of hydrogen-bond donors (Lipinski definition) is 2. The summed E-state index contributed by atoms with van der Waals surface area (Å²) >= 11 is 0. The maximum atomic E-state index is 13.1. The van der Waals surface area contributed by atoms with Crippen LogP contribution >= 0.6 is 0 Å². The van der Waals surface area contributed by atoms with E-state index in [1.807, 2.05) is 7.11 Å². The van der Waals surface area contributed by atoms with Crippen molar-refractivity contribution in [3.8, 4) is 0 Å². The smallest absolute Gasteiger partial charge is 0.136 e. The van der Waals surface area contributed by atoms with E-state index in [2.05, 4.69) is 11.8 Å². The molecule has 0 aromatic heterocycles. The Morgan fingerprint density at radius 2 is 1.76 bits per heavy atom. The number of methoxy groups -OCH3 is 5. The fourth-order valence-corrected chi connectivity index (χ4v) is 11.3. The monoisotopic (exact) mass is 481 g/mol. The van der Waals surface area contributed by atoms with Gasteiger partial charge in [-0.1, -0.05) is 6.92 Å². The van der Waals surface area contributed by atoms with Crippen molar-refractivity contribution in [3.05, 3.63) is 0 Å². The predicted molar refractivity (Wildman–Crippen MR) is 123 cm³/mol. The van der Waals surface area contributed by atoms with Gasteiger partial charge in [-0.25, -0.2) is 0 Å². The molecule has 2 N–H and O–H groups in total. The molecule has 6 rings (SSSR count). The number of fused-ring (bicyclic) bond motifs is 2. The van der Waals surface area contributed by atoms with Crippen LogP contribution < -0.4 is 0 Å². The van der Waals surface area contributed by atoms with Crippen molar-refractivity contribution in [2.45, 2.75) is 74.3 Å². The number of ether oxygens (including phenoxy) is 5. The van der Waals surface area contributed by atoms with Crippen molar-refractivity contribution < 1.29 is 33.9 Å². The lowest BCUT2D eigenvalue weighted by atomic mass is 9.42. The number of likely N-dealkylation sites (N-methyl/N-ethyl adjacent to an activating group) is 1. The highest BCUT2D eigenvalue weighted by Gasteiger charge is 2.91. The fraction of sp³-hybridized carbons (Fsp3) is 1.00. The Hall–Kier alpha value is -0.320. The van der Waals surface area contributed by atoms with Crippen LogP contribution in [-0.4, -0.2) is 112 Å². The topological polar surface area (TPSA) is 89.9 Å². The Morgan fingerprint density at radius 1 is 1.00 bits per heavy atom. The fourth-order valence-electron chi connectivity index (χ4n) is 11.3. The number of aliphatic hydroxyl groups is 2. The first-order chi connectivity index (χ1) is 16.3. The first kappa shape index (κ1) is 24.0. The summed E-state index contributed by atoms with van der Waals surface area (Å²) in [4.78, 5) is 2.43. The summed E-state index contributed by atoms with van der Waals surface area (Å²) in [5, 5.41) is 25.9. The molecule has 0 radical (unpaired) electrons. The van der Waals surface area contributed by atoms with Crippen LogP contribution in [0.15, 0.2) is 0 Å². The lowest BCUT2D eigenvalue weighted by Gasteiger charge is -2.70. The summed E-state index contributed by atoms with van der Waals surface area (Å²) < 4.78 is 30.7. The molecule has 8 heteroatoms. The van der Waals surface area contributed by atoms with E-state index in [-0.39, 0.29) is 58.9 Å². The third kappa shape index (κ3) is 2.27. The lowest BCUT2D eigenvalue weighted by molar-refractivity contribution is -0.320. The number of piperidine rings is 1. The average Bonchev–Trinajstić information content (AvgIpc) is 3.25. The van der Waals surface area contributed by atoms with Gasteiger partial charge in [-0.15, -0.1) is 0 Å². The third-order valence-electron chi connectivity index (χ3n) is 11.7. The summed E-state index contributed by atoms with van der Waals surface area (Å²) in [6, 6.07) is -0.256. The Kier molecular flexibility index (Phi) is 5.38. The Morgan fingerprint density at radius 3 is 2.35 bits per heavy atom. The molecule has 0 amide bonds. The van der Waals surface area contributed by atoms with Crippen LogP contribution in [0.4, 0.5) is 0 Å². The Labute approximate surface area is 203 Å². The maximum Gasteiger partial charge on any atom is 0.136 e. The molecule has 1 spiro atoms. The summed E-state index contributed by atoms with van der Waals surface area (Å²) in [5.41, 5.74) is -3.38. The molecule has 1 aliphatic heterocycles. The molecular weight excluding hydrogens is 438 g/mol. The highest BCUT2D eigenvalue weighted by atomic mass is 16.5. The largest absolute Gasteiger partial charge is 0.386 e. The minimum atomic E-state index is -1.47. The van der Waals surface area contributed by atoms with E-state index in [1.54, 1.807) is 28.4 Å². The van der Waals surface area contributed by atoms with E-state index in [9.17, 15) is 10.2 Å². The molecule has 7 bridgehead atoms. The van der Waals surface area contributed by atoms with Crippen LogP contribution in [0, 0.1) is 34.5 Å². The summed E-state index contributed by atoms with van der Waals surface area (Å²) in [6.45, 7) is 4.41. The molecule has 194 valence electrons. The van der Waals surface area contributed by atoms with E-state index in [1.165, 1.54) is 0 Å². The number of rotatable bonds is 7. The molecule has 5 saturated carbocycles. The van der Waals surface area contributed by atoms with Gasteiger partial charge < -0.3 is 33.9 Å². The highest BCUT2D eigenvalue weighted by Crippen LogP contribution is 2.80. The average molecular weight is 482 g/mol. The highest BCUT2D eigenvalue weighted by molar-refractivity contribution is 5.41. The molecule has 0 unspecified atom stereocenters. The minimum Gasteiger partial charge on any atom is -0.386 e. The maximum absolute atomic E-state index is 13.1. The van der Waals surface area contributed by atoms with Gasteiger partial charge in [0.2, 0.25) is 0 Å². The van der Waals surface area contributed by atoms with E-state index >= 15 is 0 Å². The van der Waals surface area contributed by atoms with E-state index in [4.69, 9.17) is 23.7 Å². The van der Waals surface area contributed by atoms with Crippen molar-refractivity contribution in [2.24, 2.45) is 34.5 Å². The standard InChI is InChI=1S/C26H43NO7/c1-7-27-12-23(13-30-2)9-8-17(32-4)25-15-10-14-16(31-3)11-24(28,18(15)19(14)33-5)26(29,22(25)27)21(34-6)20(23)25/h14-22,28-29H,7-13H2,1-6H3/t14-,15-,16+,17+,18-,19+,20-,21+,22-,23+,24-,25+,26-/m1/s1. The second-order valence-corrected chi connectivity index (χ2v) is 12.1. The van der Waals surface area contributed by atoms with E-state index < -0.39 is 17.3 Å². The van der Waals surface area contributed by atoms with Crippen molar-refractivity contribution in [2.75, 3.05) is 55.2 Å². The van der Waals surface area contributed by atoms with Gasteiger partial charge in [0.1, 0.15) is 11.2 Å². The zero-order chi connectivity index (χ0) is 24.3. The van der Waals surface area contributed by atoms with Gasteiger partial charge in [0.05, 0.1) is 37.1 Å². The van der Waals surface area contributed by atoms with Crippen LogP contribution in [0.5, 0.6) is 0 Å². The second kappa shape index (κ2) is 7.60. The van der Waals surface area contributed by atoms with Gasteiger partial charge in [0.25, 0.3) is 0 Å². The van der Waals surface area contributed by atoms with E-state index in [0.717, 1.165) is 32.4 Å². The van der Waals surface area contributed by atoms with Gasteiger partial charge in [-0.2, -0.15) is 0 Å². The van der Waals surface area contributed by atoms with Gasteiger partial charge in [-0.05, 0) is 31.7 Å². The summed E-state index contributed by atoms with van der Waals surface area (Å²) in [6.07, 6.45) is 2.30. The molecule has 6 fully saturated rings. The molecule has 1 saturated heterocycles. The molecule has 1 heterocycles. The Bertz CT molecular complexity index is 829. The molecule has 34 heavy (non-hydrogen) atoms. The molecule has 0 aromatic carbocycles. The quantitative estimate of drug-likeness (QED) is 0.555. The molecule has 5 aliphatic carbocycles. The van der Waals surface area contributed by atoms with Crippen molar-refractivity contribution in [1.82, 2.24) is 4.90 Å². The van der Waals surface area contributed by atoms with E-state index in [0.29, 0.717) is 13.0 Å². The molecule has 6 aliphatic rings. The van der Waals surface area contributed by atoms with Crippen LogP contribution in [0.25, 0.3) is 0 Å². The van der Waals surface area contributed by atoms with Gasteiger partial charge >= 0.3 is 0 Å². The van der Waals surface area contributed by atoms with Crippen LogP contribution in [-0.2, 0) is 23.7 Å². The van der Waals surface area contributed by atoms with Crippen molar-refractivity contribution >= 4 is 0 Å². The molecular formula is C26H43NO7. The first-order valence-electron chi connectivity index (χ1n) is 13.1. The number of hydrogen-bond acceptors (Lipinski definition) is 8. The second-order valence-electron chi connectivity index (χ2n) is 12.1. The van der Waals surface area contributed by atoms with Crippen molar-refractivity contribution in [3.63, 3.8) is 0 Å². The normalized spacial score (nSPS) is 59.5. The molecule has 13 atom stereocenters. The zero-order valence-electron chi connectivity index (χ0n) is 21.5. The number of nitrogens with zero attached hydrogens (tertiary/aromatic N) is 1. The minimum absolute atomic E-state index is 0.0262. The van der Waals surface area contributed by atoms with Gasteiger partial charge in [0.15, 0.2) is 0 Å². The van der Waals surface area contributed by atoms with Crippen molar-refractivity contribution in [1.29, 1.82) is 0 Å². The molecule has 0 aromatic rings. The SMILES string of the molecule is CCN1C[C@]2(COC)CC[C@H](OC)[C@]34[C@@H]5C[C@H]6[C@H](OC)[C@@H]5[C@](O)(C[C@@H]6OC)[C@](O)([C@H]13)[C@@H](OC)[C@H]24. The summed E-state index contributed by atoms with van der Waals surface area (Å²) in [5.74, 6) is 0.165.